The molecule has 15 nitrogen and oxygen atoms in total. The third-order valence-electron chi connectivity index (χ3n) is 8.74. The molecule has 0 aromatic rings. The number of amides is 1. The first-order valence-corrected chi connectivity index (χ1v) is 16.2. The van der Waals surface area contributed by atoms with Crippen LogP contribution in [0.4, 0.5) is 0 Å². The Hall–Kier alpha value is -2.80. The zero-order chi connectivity index (χ0) is 35.0. The molecule has 4 rings (SSSR count). The highest BCUT2D eigenvalue weighted by molar-refractivity contribution is 5.82. The summed E-state index contributed by atoms with van der Waals surface area (Å²) in [5.41, 5.74) is 8.03. The number of allylic oxidation sites excluding steroid dienone is 6. The van der Waals surface area contributed by atoms with Crippen molar-refractivity contribution < 1.29 is 58.8 Å². The molecule has 2 bridgehead atoms. The Bertz CT molecular complexity index is 1240. The minimum Gasteiger partial charge on any atom is -0.459 e. The lowest BCUT2D eigenvalue weighted by Crippen LogP contribution is -2.62. The van der Waals surface area contributed by atoms with Crippen LogP contribution in [-0.4, -0.2) is 117 Å². The predicted molar refractivity (Wildman–Crippen MR) is 170 cm³/mol. The van der Waals surface area contributed by atoms with Gasteiger partial charge in [0.25, 0.3) is 0 Å². The second-order valence-electron chi connectivity index (χ2n) is 12.7. The lowest BCUT2D eigenvalue weighted by Gasteiger charge is -2.45. The summed E-state index contributed by atoms with van der Waals surface area (Å²) in [5, 5.41) is 54.4. The number of rotatable bonds is 3. The van der Waals surface area contributed by atoms with Crippen molar-refractivity contribution in [1.82, 2.24) is 5.43 Å². The lowest BCUT2D eigenvalue weighted by molar-refractivity contribution is -0.306. The quantitative estimate of drug-likeness (QED) is 0.0588. The second kappa shape index (κ2) is 17.2. The first-order valence-electron chi connectivity index (χ1n) is 16.2. The van der Waals surface area contributed by atoms with Gasteiger partial charge in [0.05, 0.1) is 54.7 Å². The molecule has 0 saturated carbocycles. The maximum atomic E-state index is 12.8. The number of cyclic esters (lactones) is 1. The monoisotopic (exact) mass is 679 g/mol. The van der Waals surface area contributed by atoms with Gasteiger partial charge in [0.2, 0.25) is 5.91 Å². The van der Waals surface area contributed by atoms with E-state index in [2.05, 4.69) is 0 Å². The Morgan fingerprint density at radius 3 is 2.40 bits per heavy atom. The number of nitrogens with one attached hydrogen (secondary N) is 1. The van der Waals surface area contributed by atoms with Crippen LogP contribution in [0.5, 0.6) is 0 Å². The van der Waals surface area contributed by atoms with Crippen LogP contribution >= 0.6 is 0 Å². The van der Waals surface area contributed by atoms with Crippen molar-refractivity contribution in [3.8, 4) is 0 Å². The number of fused-ring (bicyclic) bond motifs is 3. The number of aliphatic hydroxyl groups is 5. The van der Waals surface area contributed by atoms with Gasteiger partial charge in [0.15, 0.2) is 12.1 Å². The van der Waals surface area contributed by atoms with Crippen LogP contribution in [0.1, 0.15) is 46.0 Å². The molecule has 48 heavy (non-hydrogen) atoms. The van der Waals surface area contributed by atoms with Gasteiger partial charge in [-0.2, -0.15) is 0 Å². The maximum absolute atomic E-state index is 12.8. The van der Waals surface area contributed by atoms with E-state index in [0.717, 1.165) is 0 Å². The zero-order valence-electron chi connectivity index (χ0n) is 27.1. The van der Waals surface area contributed by atoms with Gasteiger partial charge in [0, 0.05) is 38.2 Å². The van der Waals surface area contributed by atoms with Crippen LogP contribution in [0.2, 0.25) is 0 Å². The third-order valence-corrected chi connectivity index (χ3v) is 8.74. The summed E-state index contributed by atoms with van der Waals surface area (Å²) in [4.78, 5) is 25.0. The van der Waals surface area contributed by atoms with Crippen molar-refractivity contribution in [3.05, 3.63) is 60.8 Å². The molecule has 0 aromatic heterocycles. The highest BCUT2D eigenvalue weighted by atomic mass is 16.7. The topological polar surface area (TPSA) is 249 Å². The van der Waals surface area contributed by atoms with E-state index in [1.54, 1.807) is 56.4 Å². The Morgan fingerprint density at radius 2 is 1.67 bits per heavy atom. The van der Waals surface area contributed by atoms with Gasteiger partial charge in [0.1, 0.15) is 18.3 Å². The number of carbonyl (C=O) groups is 2. The SMILES string of the molecule is C[C@@H]1C/C=C/C=C/C=C/C=C/[C@H](OC2O[C@H](C)[C@@H](O)[C@H](N)[C@@H]2O)CC2OC(O)(CC(O)[C@H]2C(=O)NN)C[C@@H](O)C[C@H]2OC2/C=C/C(=O)O1. The van der Waals surface area contributed by atoms with Crippen LogP contribution in [-0.2, 0) is 33.3 Å². The fourth-order valence-corrected chi connectivity index (χ4v) is 6.12. The summed E-state index contributed by atoms with van der Waals surface area (Å²) in [5.74, 6) is 0.870. The molecular formula is C33H49N3O12. The summed E-state index contributed by atoms with van der Waals surface area (Å²) in [7, 11) is 0. The van der Waals surface area contributed by atoms with Crippen molar-refractivity contribution in [2.75, 3.05) is 0 Å². The molecule has 268 valence electrons. The number of hydrogen-bond donors (Lipinski definition) is 8. The maximum Gasteiger partial charge on any atom is 0.330 e. The van der Waals surface area contributed by atoms with Crippen LogP contribution in [0.3, 0.4) is 0 Å². The lowest BCUT2D eigenvalue weighted by atomic mass is 9.82. The first-order chi connectivity index (χ1) is 22.8. The van der Waals surface area contributed by atoms with Crippen molar-refractivity contribution >= 4 is 11.9 Å². The molecule has 14 atom stereocenters. The van der Waals surface area contributed by atoms with E-state index in [4.69, 9.17) is 35.3 Å². The molecule has 5 unspecified atom stereocenters. The largest absolute Gasteiger partial charge is 0.459 e. The molecule has 1 amide bonds. The number of nitrogens with two attached hydrogens (primary N) is 2. The van der Waals surface area contributed by atoms with E-state index in [0.29, 0.717) is 6.42 Å². The van der Waals surface area contributed by atoms with Crippen LogP contribution < -0.4 is 17.0 Å². The highest BCUT2D eigenvalue weighted by Crippen LogP contribution is 2.39. The first kappa shape index (κ1) is 38.0. The summed E-state index contributed by atoms with van der Waals surface area (Å²) >= 11 is 0. The van der Waals surface area contributed by atoms with Crippen molar-refractivity contribution in [2.24, 2.45) is 17.5 Å². The average molecular weight is 680 g/mol. The summed E-state index contributed by atoms with van der Waals surface area (Å²) < 4.78 is 28.8. The Balaban J connectivity index is 1.60. The molecule has 0 spiro atoms. The molecular weight excluding hydrogens is 630 g/mol. The van der Waals surface area contributed by atoms with Gasteiger partial charge < -0.3 is 55.0 Å². The third kappa shape index (κ3) is 10.6. The number of hydrogen-bond acceptors (Lipinski definition) is 14. The fraction of sp³-hybridized carbons (Fsp3) is 0.636. The summed E-state index contributed by atoms with van der Waals surface area (Å²) in [6, 6.07) is -1.06. The smallest absolute Gasteiger partial charge is 0.330 e. The van der Waals surface area contributed by atoms with E-state index >= 15 is 0 Å². The summed E-state index contributed by atoms with van der Waals surface area (Å²) in [6.07, 6.45) is 6.01. The molecule has 3 fully saturated rings. The summed E-state index contributed by atoms with van der Waals surface area (Å²) in [6.45, 7) is 3.36. The zero-order valence-corrected chi connectivity index (χ0v) is 27.1. The van der Waals surface area contributed by atoms with Crippen LogP contribution in [0, 0.1) is 5.92 Å². The molecule has 4 aliphatic rings. The fourth-order valence-electron chi connectivity index (χ4n) is 6.12. The molecule has 0 aliphatic carbocycles. The molecule has 15 heteroatoms. The Morgan fingerprint density at radius 1 is 0.958 bits per heavy atom. The van der Waals surface area contributed by atoms with Crippen LogP contribution in [0.15, 0.2) is 60.8 Å². The van der Waals surface area contributed by atoms with E-state index < -0.39 is 97.3 Å². The van der Waals surface area contributed by atoms with Gasteiger partial charge in [-0.05, 0) is 19.9 Å². The predicted octanol–water partition coefficient (Wildman–Crippen LogP) is -0.975. The van der Waals surface area contributed by atoms with E-state index in [-0.39, 0.29) is 25.4 Å². The normalized spacial score (nSPS) is 46.4. The number of carbonyl (C=O) groups excluding carboxylic acids is 2. The molecule has 0 aromatic carbocycles. The molecule has 4 heterocycles. The van der Waals surface area contributed by atoms with E-state index in [1.807, 2.05) is 17.6 Å². The Kier molecular flexibility index (Phi) is 13.6. The van der Waals surface area contributed by atoms with Gasteiger partial charge in [-0.25, -0.2) is 10.6 Å². The molecule has 0 radical (unpaired) electrons. The van der Waals surface area contributed by atoms with Crippen molar-refractivity contribution in [2.45, 2.75) is 125 Å². The number of aliphatic hydroxyl groups excluding tert-OH is 4. The van der Waals surface area contributed by atoms with Crippen molar-refractivity contribution in [1.29, 1.82) is 0 Å². The molecule has 4 aliphatic heterocycles. The van der Waals surface area contributed by atoms with Crippen molar-refractivity contribution in [3.63, 3.8) is 0 Å². The molecule has 10 N–H and O–H groups in total. The number of epoxide rings is 1. The number of ether oxygens (including phenoxy) is 5. The number of esters is 1. The minimum absolute atomic E-state index is 0.0971. The highest BCUT2D eigenvalue weighted by Gasteiger charge is 2.51. The van der Waals surface area contributed by atoms with Crippen LogP contribution in [0.25, 0.3) is 0 Å². The van der Waals surface area contributed by atoms with E-state index in [9.17, 15) is 35.1 Å². The minimum atomic E-state index is -2.06. The second-order valence-corrected chi connectivity index (χ2v) is 12.7. The molecule has 3 saturated heterocycles. The standard InChI is InChI=1S/C33H49N3O12/c1-18-10-8-6-4-3-5-7-9-11-21(46-32-30(41)28(34)29(40)19(2)45-32)15-25-27(31(42)36-35)22(38)17-33(43,48-25)16-20(37)14-24-23(47-24)12-13-26(39)44-18/h3-9,11-13,18-25,27-30,32,37-38,40-41,43H,10,14-17,34-35H2,1-2H3,(H,36,42)/b4-3+,7-5+,8-6+,11-9+,13-12+/t18-,19-,20+,21+,22?,23?,24-,25?,27-,28+,29-,30+,32?,33?/m1/s1. The van der Waals surface area contributed by atoms with Gasteiger partial charge in [-0.15, -0.1) is 0 Å². The van der Waals surface area contributed by atoms with Gasteiger partial charge >= 0.3 is 5.97 Å². The van der Waals surface area contributed by atoms with Gasteiger partial charge in [-0.3, -0.25) is 10.2 Å². The Labute approximate surface area is 279 Å². The van der Waals surface area contributed by atoms with Gasteiger partial charge in [-0.1, -0.05) is 48.6 Å². The average Bonchev–Trinajstić information content (AvgIpc) is 3.76. The van der Waals surface area contributed by atoms with E-state index in [1.165, 1.54) is 6.08 Å². The number of hydrazine groups is 1.